The van der Waals surface area contributed by atoms with E-state index in [0.717, 1.165) is 23.0 Å². The summed E-state index contributed by atoms with van der Waals surface area (Å²) < 4.78 is 12.9. The van der Waals surface area contributed by atoms with Crippen LogP contribution >= 0.6 is 0 Å². The molecule has 0 atom stereocenters. The SMILES string of the molecule is COc1ccccc1OCC(=O)N/N=C\c1cn(Cc2cccc(C)c2)c2ccccc12. The normalized spacial score (nSPS) is 11.1. The van der Waals surface area contributed by atoms with Gasteiger partial charge in [-0.25, -0.2) is 5.43 Å². The fraction of sp³-hybridized carbons (Fsp3) is 0.154. The lowest BCUT2D eigenvalue weighted by Crippen LogP contribution is -2.24. The van der Waals surface area contributed by atoms with Crippen LogP contribution < -0.4 is 14.9 Å². The fourth-order valence-corrected chi connectivity index (χ4v) is 3.60. The van der Waals surface area contributed by atoms with Crippen LogP contribution in [0.15, 0.2) is 84.1 Å². The molecule has 4 aromatic rings. The Labute approximate surface area is 187 Å². The minimum absolute atomic E-state index is 0.160. The smallest absolute Gasteiger partial charge is 0.277 e. The number of nitrogens with zero attached hydrogens (tertiary/aromatic N) is 2. The molecule has 0 aliphatic carbocycles. The van der Waals surface area contributed by atoms with Crippen molar-refractivity contribution in [3.05, 3.63) is 95.7 Å². The van der Waals surface area contributed by atoms with E-state index >= 15 is 0 Å². The van der Waals surface area contributed by atoms with E-state index in [1.807, 2.05) is 30.5 Å². The molecule has 162 valence electrons. The third-order valence-corrected chi connectivity index (χ3v) is 5.08. The number of ether oxygens (including phenoxy) is 2. The molecule has 0 unspecified atom stereocenters. The second-order valence-electron chi connectivity index (χ2n) is 7.45. The van der Waals surface area contributed by atoms with Gasteiger partial charge >= 0.3 is 0 Å². The van der Waals surface area contributed by atoms with Crippen molar-refractivity contribution in [2.75, 3.05) is 13.7 Å². The highest BCUT2D eigenvalue weighted by molar-refractivity contribution is 5.99. The average molecular weight is 428 g/mol. The number of benzene rings is 3. The van der Waals surface area contributed by atoms with Crippen molar-refractivity contribution in [2.45, 2.75) is 13.5 Å². The zero-order valence-electron chi connectivity index (χ0n) is 18.1. The Morgan fingerprint density at radius 1 is 1.03 bits per heavy atom. The molecule has 0 spiro atoms. The monoisotopic (exact) mass is 427 g/mol. The molecule has 6 nitrogen and oxygen atoms in total. The Bertz CT molecular complexity index is 1260. The Hall–Kier alpha value is -4.06. The topological polar surface area (TPSA) is 64.8 Å². The summed E-state index contributed by atoms with van der Waals surface area (Å²) in [5, 5.41) is 5.20. The second kappa shape index (κ2) is 9.83. The van der Waals surface area contributed by atoms with E-state index in [2.05, 4.69) is 58.4 Å². The molecule has 3 aromatic carbocycles. The Kier molecular flexibility index (Phi) is 6.51. The molecule has 6 heteroatoms. The molecule has 0 aliphatic heterocycles. The molecule has 0 bridgehead atoms. The van der Waals surface area contributed by atoms with Crippen molar-refractivity contribution in [3.63, 3.8) is 0 Å². The minimum Gasteiger partial charge on any atom is -0.493 e. The van der Waals surface area contributed by atoms with Crippen LogP contribution in [0.2, 0.25) is 0 Å². The number of amides is 1. The quantitative estimate of drug-likeness (QED) is 0.332. The molecule has 1 N–H and O–H groups in total. The van der Waals surface area contributed by atoms with Gasteiger partial charge in [-0.1, -0.05) is 60.2 Å². The molecule has 0 aliphatic rings. The maximum absolute atomic E-state index is 12.2. The number of aryl methyl sites for hydroxylation is 1. The summed E-state index contributed by atoms with van der Waals surface area (Å²) in [5.74, 6) is 0.731. The maximum Gasteiger partial charge on any atom is 0.277 e. The van der Waals surface area contributed by atoms with Crippen molar-refractivity contribution in [1.29, 1.82) is 0 Å². The molecule has 4 rings (SSSR count). The number of carbonyl (C=O) groups is 1. The lowest BCUT2D eigenvalue weighted by molar-refractivity contribution is -0.123. The van der Waals surface area contributed by atoms with Crippen molar-refractivity contribution < 1.29 is 14.3 Å². The van der Waals surface area contributed by atoms with Crippen LogP contribution in [0.4, 0.5) is 0 Å². The van der Waals surface area contributed by atoms with Crippen LogP contribution in [0, 0.1) is 6.92 Å². The molecule has 1 amide bonds. The van der Waals surface area contributed by atoms with Gasteiger partial charge < -0.3 is 14.0 Å². The molecule has 32 heavy (non-hydrogen) atoms. The highest BCUT2D eigenvalue weighted by Crippen LogP contribution is 2.25. The first-order valence-corrected chi connectivity index (χ1v) is 10.3. The Morgan fingerprint density at radius 3 is 2.62 bits per heavy atom. The predicted octanol–water partition coefficient (Wildman–Crippen LogP) is 4.54. The minimum atomic E-state index is -0.351. The number of hydrazone groups is 1. The van der Waals surface area contributed by atoms with Gasteiger partial charge in [-0.2, -0.15) is 5.10 Å². The van der Waals surface area contributed by atoms with E-state index in [4.69, 9.17) is 9.47 Å². The number of nitrogens with one attached hydrogen (secondary N) is 1. The van der Waals surface area contributed by atoms with E-state index in [1.165, 1.54) is 11.1 Å². The van der Waals surface area contributed by atoms with E-state index in [0.29, 0.717) is 11.5 Å². The average Bonchev–Trinajstić information content (AvgIpc) is 3.15. The predicted molar refractivity (Wildman–Crippen MR) is 126 cm³/mol. The van der Waals surface area contributed by atoms with E-state index in [-0.39, 0.29) is 12.5 Å². The summed E-state index contributed by atoms with van der Waals surface area (Å²) in [4.78, 5) is 12.2. The summed E-state index contributed by atoms with van der Waals surface area (Å²) in [7, 11) is 1.56. The lowest BCUT2D eigenvalue weighted by atomic mass is 10.1. The van der Waals surface area contributed by atoms with Crippen LogP contribution in [0.25, 0.3) is 10.9 Å². The van der Waals surface area contributed by atoms with Crippen LogP contribution in [0.5, 0.6) is 11.5 Å². The molecule has 0 radical (unpaired) electrons. The third-order valence-electron chi connectivity index (χ3n) is 5.08. The number of hydrogen-bond acceptors (Lipinski definition) is 4. The first-order chi connectivity index (χ1) is 15.6. The van der Waals surface area contributed by atoms with Gasteiger partial charge in [-0.15, -0.1) is 0 Å². The largest absolute Gasteiger partial charge is 0.493 e. The van der Waals surface area contributed by atoms with Gasteiger partial charge in [0.15, 0.2) is 18.1 Å². The molecular weight excluding hydrogens is 402 g/mol. The summed E-state index contributed by atoms with van der Waals surface area (Å²) in [5.41, 5.74) is 7.03. The lowest BCUT2D eigenvalue weighted by Gasteiger charge is -2.09. The summed E-state index contributed by atoms with van der Waals surface area (Å²) in [6, 6.07) is 23.8. The van der Waals surface area contributed by atoms with E-state index in [1.54, 1.807) is 25.5 Å². The van der Waals surface area contributed by atoms with E-state index in [9.17, 15) is 4.79 Å². The van der Waals surface area contributed by atoms with Crippen molar-refractivity contribution in [2.24, 2.45) is 5.10 Å². The molecule has 1 heterocycles. The van der Waals surface area contributed by atoms with Crippen molar-refractivity contribution in [1.82, 2.24) is 9.99 Å². The fourth-order valence-electron chi connectivity index (χ4n) is 3.60. The van der Waals surface area contributed by atoms with Crippen LogP contribution in [0.3, 0.4) is 0 Å². The first-order valence-electron chi connectivity index (χ1n) is 10.3. The van der Waals surface area contributed by atoms with Crippen LogP contribution in [-0.2, 0) is 11.3 Å². The van der Waals surface area contributed by atoms with Gasteiger partial charge in [0.05, 0.1) is 13.3 Å². The standard InChI is InChI=1S/C26H25N3O3/c1-19-8-7-9-20(14-19)16-29-17-21(22-10-3-4-11-23(22)29)15-27-28-26(30)18-32-25-13-6-5-12-24(25)31-2/h3-15,17H,16,18H2,1-2H3,(H,28,30)/b27-15-. The van der Waals surface area contributed by atoms with Gasteiger partial charge in [0.1, 0.15) is 0 Å². The van der Waals surface area contributed by atoms with Crippen molar-refractivity contribution in [3.8, 4) is 11.5 Å². The highest BCUT2D eigenvalue weighted by atomic mass is 16.5. The second-order valence-corrected chi connectivity index (χ2v) is 7.45. The molecule has 0 saturated carbocycles. The Morgan fingerprint density at radius 2 is 1.81 bits per heavy atom. The van der Waals surface area contributed by atoms with E-state index < -0.39 is 0 Å². The molecule has 0 fully saturated rings. The number of hydrogen-bond donors (Lipinski definition) is 1. The number of carbonyl (C=O) groups excluding carboxylic acids is 1. The van der Waals surface area contributed by atoms with Crippen LogP contribution in [-0.4, -0.2) is 30.4 Å². The number of methoxy groups -OCH3 is 1. The molecule has 0 saturated heterocycles. The zero-order chi connectivity index (χ0) is 22.3. The molecular formula is C26H25N3O3. The third kappa shape index (κ3) is 4.98. The number of para-hydroxylation sites is 3. The number of aromatic nitrogens is 1. The van der Waals surface area contributed by atoms with Gasteiger partial charge in [-0.3, -0.25) is 4.79 Å². The maximum atomic E-state index is 12.2. The summed E-state index contributed by atoms with van der Waals surface area (Å²) >= 11 is 0. The summed E-state index contributed by atoms with van der Waals surface area (Å²) in [6.45, 7) is 2.69. The number of fused-ring (bicyclic) bond motifs is 1. The van der Waals surface area contributed by atoms with Gasteiger partial charge in [0, 0.05) is 29.2 Å². The highest BCUT2D eigenvalue weighted by Gasteiger charge is 2.09. The van der Waals surface area contributed by atoms with Gasteiger partial charge in [0.2, 0.25) is 0 Å². The molecule has 1 aromatic heterocycles. The van der Waals surface area contributed by atoms with Crippen LogP contribution in [0.1, 0.15) is 16.7 Å². The Balaban J connectivity index is 1.44. The van der Waals surface area contributed by atoms with Crippen molar-refractivity contribution >= 4 is 23.0 Å². The number of rotatable bonds is 8. The zero-order valence-corrected chi connectivity index (χ0v) is 18.1. The first kappa shape index (κ1) is 21.2. The van der Waals surface area contributed by atoms with Gasteiger partial charge in [-0.05, 0) is 30.7 Å². The van der Waals surface area contributed by atoms with Gasteiger partial charge in [0.25, 0.3) is 5.91 Å². The summed E-state index contributed by atoms with van der Waals surface area (Å²) in [6.07, 6.45) is 3.71.